The van der Waals surface area contributed by atoms with Gasteiger partial charge >= 0.3 is 5.97 Å². The third kappa shape index (κ3) is 15.6. The predicted molar refractivity (Wildman–Crippen MR) is 178 cm³/mol. The second-order valence-electron chi connectivity index (χ2n) is 13.0. The molecule has 0 radical (unpaired) electrons. The Bertz CT molecular complexity index is 1260. The second kappa shape index (κ2) is 21.3. The molecule has 50 heavy (non-hydrogen) atoms. The minimum absolute atomic E-state index is 0.0713. The number of likely N-dealkylation sites (tertiary alicyclic amines) is 1. The normalized spacial score (nSPS) is 16.4. The van der Waals surface area contributed by atoms with Crippen LogP contribution < -0.4 is 43.4 Å². The van der Waals surface area contributed by atoms with Crippen molar-refractivity contribution >= 4 is 53.2 Å². The number of primary amides is 1. The smallest absolute Gasteiger partial charge is 0.326 e. The van der Waals surface area contributed by atoms with Crippen LogP contribution in [0.4, 0.5) is 0 Å². The van der Waals surface area contributed by atoms with Crippen LogP contribution in [0.1, 0.15) is 73.1 Å². The van der Waals surface area contributed by atoms with Crippen molar-refractivity contribution in [3.63, 3.8) is 0 Å². The van der Waals surface area contributed by atoms with Gasteiger partial charge in [-0.25, -0.2) is 4.79 Å². The maximum Gasteiger partial charge on any atom is 0.326 e. The van der Waals surface area contributed by atoms with Gasteiger partial charge in [0.15, 0.2) is 0 Å². The predicted octanol–water partition coefficient (Wildman–Crippen LogP) is -3.43. The first kappa shape index (κ1) is 43.2. The van der Waals surface area contributed by atoms with Crippen molar-refractivity contribution in [3.8, 4) is 0 Å². The minimum atomic E-state index is -1.20. The van der Waals surface area contributed by atoms with Crippen LogP contribution in [-0.2, 0) is 43.2 Å². The zero-order valence-corrected chi connectivity index (χ0v) is 29.3. The maximum absolute atomic E-state index is 13.1. The molecule has 0 aromatic rings. The molecule has 0 bridgehead atoms. The second-order valence-corrected chi connectivity index (χ2v) is 13.0. The molecule has 0 aliphatic carbocycles. The number of carboxylic acids is 1. The van der Waals surface area contributed by atoms with Crippen molar-refractivity contribution in [1.82, 2.24) is 36.8 Å². The van der Waals surface area contributed by atoms with Crippen LogP contribution in [0.2, 0.25) is 0 Å². The summed E-state index contributed by atoms with van der Waals surface area (Å²) in [5, 5.41) is 24.1. The zero-order valence-electron chi connectivity index (χ0n) is 29.3. The lowest BCUT2D eigenvalue weighted by atomic mass is 10.0. The van der Waals surface area contributed by atoms with Crippen LogP contribution in [-0.4, -0.2) is 120 Å². The molecule has 19 heteroatoms. The van der Waals surface area contributed by atoms with Crippen molar-refractivity contribution in [2.75, 3.05) is 26.2 Å². The fourth-order valence-corrected chi connectivity index (χ4v) is 5.14. The lowest BCUT2D eigenvalue weighted by Crippen LogP contribution is -2.57. The first-order chi connectivity index (χ1) is 23.4. The van der Waals surface area contributed by atoms with E-state index in [1.165, 1.54) is 11.8 Å². The van der Waals surface area contributed by atoms with Crippen LogP contribution in [0.3, 0.4) is 0 Å². The molecule has 11 N–H and O–H groups in total. The number of carbonyl (C=O) groups is 9. The molecule has 1 fully saturated rings. The summed E-state index contributed by atoms with van der Waals surface area (Å²) in [6.07, 6.45) is 0.841. The summed E-state index contributed by atoms with van der Waals surface area (Å²) in [7, 11) is 0. The van der Waals surface area contributed by atoms with E-state index in [0.717, 1.165) is 0 Å². The Labute approximate surface area is 291 Å². The highest BCUT2D eigenvalue weighted by atomic mass is 16.4. The maximum atomic E-state index is 13.1. The molecule has 8 amide bonds. The fraction of sp³-hybridized carbons (Fsp3) is 0.710. The molecule has 1 aliphatic heterocycles. The molecule has 19 nitrogen and oxygen atoms in total. The van der Waals surface area contributed by atoms with Crippen molar-refractivity contribution in [2.45, 2.75) is 103 Å². The Morgan fingerprint density at radius 2 is 1.26 bits per heavy atom. The van der Waals surface area contributed by atoms with E-state index in [2.05, 4.69) is 31.9 Å². The number of hydrogen-bond donors (Lipinski definition) is 9. The molecule has 1 rings (SSSR count). The van der Waals surface area contributed by atoms with Crippen molar-refractivity contribution in [1.29, 1.82) is 0 Å². The van der Waals surface area contributed by atoms with Gasteiger partial charge in [-0.3, -0.25) is 38.4 Å². The number of nitrogens with zero attached hydrogens (tertiary/aromatic N) is 1. The minimum Gasteiger partial charge on any atom is -0.480 e. The van der Waals surface area contributed by atoms with Crippen LogP contribution >= 0.6 is 0 Å². The quantitative estimate of drug-likeness (QED) is 0.0564. The lowest BCUT2D eigenvalue weighted by Gasteiger charge is -2.25. The summed E-state index contributed by atoms with van der Waals surface area (Å²) in [5.41, 5.74) is 10.5. The summed E-state index contributed by atoms with van der Waals surface area (Å²) in [5.74, 6) is -6.79. The molecular weight excluding hydrogens is 658 g/mol. The number of carboxylic acid groups (broad SMARTS) is 1. The van der Waals surface area contributed by atoms with E-state index in [0.29, 0.717) is 12.8 Å². The third-order valence-corrected chi connectivity index (χ3v) is 7.66. The Morgan fingerprint density at radius 1 is 0.720 bits per heavy atom. The summed E-state index contributed by atoms with van der Waals surface area (Å²) in [6.45, 7) is 7.43. The van der Waals surface area contributed by atoms with Gasteiger partial charge in [-0.1, -0.05) is 27.7 Å². The molecule has 1 saturated heterocycles. The van der Waals surface area contributed by atoms with Gasteiger partial charge in [-0.05, 0) is 50.9 Å². The van der Waals surface area contributed by atoms with Crippen LogP contribution in [0, 0.1) is 11.8 Å². The zero-order chi connectivity index (χ0) is 38.1. The first-order valence-electron chi connectivity index (χ1n) is 16.6. The Morgan fingerprint density at radius 3 is 1.80 bits per heavy atom. The summed E-state index contributed by atoms with van der Waals surface area (Å²) in [4.78, 5) is 113. The van der Waals surface area contributed by atoms with E-state index < -0.39 is 103 Å². The number of nitrogens with two attached hydrogens (primary N) is 2. The van der Waals surface area contributed by atoms with E-state index >= 15 is 0 Å². The SMILES string of the molecule is CC(C)C[C@H](NC(=O)CNC(=O)[C@H](CC(C)C)NC(=O)[C@H](CCC(N)=O)NC(=O)CN)C(=O)N[C@@H](C)C(=O)NCC(=O)N1CCC[C@H]1C(=O)O. The molecule has 0 unspecified atom stereocenters. The Balaban J connectivity index is 2.81. The van der Waals surface area contributed by atoms with E-state index in [-0.39, 0.29) is 44.1 Å². The van der Waals surface area contributed by atoms with E-state index in [4.69, 9.17) is 11.5 Å². The molecular formula is C31H53N9O10. The molecule has 1 aliphatic rings. The molecule has 282 valence electrons. The van der Waals surface area contributed by atoms with Gasteiger partial charge in [0.05, 0.1) is 19.6 Å². The molecule has 0 saturated carbocycles. The van der Waals surface area contributed by atoms with Crippen molar-refractivity contribution in [2.24, 2.45) is 23.3 Å². The number of rotatable bonds is 21. The monoisotopic (exact) mass is 711 g/mol. The average molecular weight is 712 g/mol. The van der Waals surface area contributed by atoms with E-state index in [9.17, 15) is 48.3 Å². The van der Waals surface area contributed by atoms with Crippen molar-refractivity contribution < 1.29 is 48.3 Å². The Hall–Kier alpha value is -4.81. The van der Waals surface area contributed by atoms with Gasteiger partial charge in [-0.15, -0.1) is 0 Å². The van der Waals surface area contributed by atoms with Gasteiger partial charge in [0.2, 0.25) is 47.3 Å². The van der Waals surface area contributed by atoms with Gasteiger partial charge < -0.3 is 53.4 Å². The number of aliphatic carboxylic acids is 1. The summed E-state index contributed by atoms with van der Waals surface area (Å²) < 4.78 is 0. The number of hydrogen-bond acceptors (Lipinski definition) is 10. The van der Waals surface area contributed by atoms with Gasteiger partial charge in [0.25, 0.3) is 0 Å². The summed E-state index contributed by atoms with van der Waals surface area (Å²) >= 11 is 0. The van der Waals surface area contributed by atoms with Crippen LogP contribution in [0.15, 0.2) is 0 Å². The fourth-order valence-electron chi connectivity index (χ4n) is 5.14. The third-order valence-electron chi connectivity index (χ3n) is 7.66. The Kier molecular flexibility index (Phi) is 18.4. The highest BCUT2D eigenvalue weighted by Gasteiger charge is 2.34. The standard InChI is InChI=1S/C31H53N9O10/c1-16(2)11-20(39-29(47)19(8-9-23(33)41)37-24(42)13-32)28(46)34-14-25(43)38-21(12-17(3)4)30(48)36-18(5)27(45)35-15-26(44)40-10-6-7-22(40)31(49)50/h16-22H,6-15,32H2,1-5H3,(H2,33,41)(H,34,46)(H,35,45)(H,36,48)(H,37,42)(H,38,43)(H,39,47)(H,49,50)/t18-,19-,20-,21-,22-/m0/s1. The highest BCUT2D eigenvalue weighted by molar-refractivity contribution is 5.96. The van der Waals surface area contributed by atoms with Crippen LogP contribution in [0.25, 0.3) is 0 Å². The number of carbonyl (C=O) groups excluding carboxylic acids is 8. The average Bonchev–Trinajstić information content (AvgIpc) is 3.53. The first-order valence-corrected chi connectivity index (χ1v) is 16.6. The number of amides is 8. The highest BCUT2D eigenvalue weighted by Crippen LogP contribution is 2.17. The van der Waals surface area contributed by atoms with E-state index in [1.807, 2.05) is 13.8 Å². The lowest BCUT2D eigenvalue weighted by molar-refractivity contribution is -0.148. The largest absolute Gasteiger partial charge is 0.480 e. The van der Waals surface area contributed by atoms with Gasteiger partial charge in [0, 0.05) is 13.0 Å². The van der Waals surface area contributed by atoms with E-state index in [1.54, 1.807) is 13.8 Å². The molecule has 0 aromatic heterocycles. The van der Waals surface area contributed by atoms with Crippen molar-refractivity contribution in [3.05, 3.63) is 0 Å². The number of nitrogens with one attached hydrogen (secondary N) is 6. The molecule has 1 heterocycles. The van der Waals surface area contributed by atoms with Crippen LogP contribution in [0.5, 0.6) is 0 Å². The molecule has 0 spiro atoms. The topological polar surface area (TPSA) is 301 Å². The molecule has 5 atom stereocenters. The molecule has 0 aromatic carbocycles. The summed E-state index contributed by atoms with van der Waals surface area (Å²) in [6, 6.07) is -5.48. The van der Waals surface area contributed by atoms with Gasteiger partial charge in [-0.2, -0.15) is 0 Å². The van der Waals surface area contributed by atoms with Gasteiger partial charge in [0.1, 0.15) is 30.2 Å².